The molecule has 3 nitrogen and oxygen atoms in total. The highest BCUT2D eigenvalue weighted by molar-refractivity contribution is 9.10. The third kappa shape index (κ3) is 5.60. The molecule has 2 rings (SSSR count). The minimum absolute atomic E-state index is 0.0226. The van der Waals surface area contributed by atoms with Gasteiger partial charge in [0.2, 0.25) is 0 Å². The zero-order chi connectivity index (χ0) is 15.1. The molecule has 0 aliphatic heterocycles. The molecule has 0 fully saturated rings. The average molecular weight is 348 g/mol. The van der Waals surface area contributed by atoms with Crippen LogP contribution < -0.4 is 5.32 Å². The lowest BCUT2D eigenvalue weighted by Crippen LogP contribution is -2.34. The van der Waals surface area contributed by atoms with Crippen molar-refractivity contribution in [3.05, 3.63) is 70.2 Å². The van der Waals surface area contributed by atoms with Crippen molar-refractivity contribution in [2.45, 2.75) is 26.0 Å². The van der Waals surface area contributed by atoms with Crippen LogP contribution in [0.1, 0.15) is 18.1 Å². The van der Waals surface area contributed by atoms with E-state index in [4.69, 9.17) is 4.74 Å². The van der Waals surface area contributed by atoms with Crippen LogP contribution >= 0.6 is 15.9 Å². The molecular weight excluding hydrogens is 330 g/mol. The molecule has 21 heavy (non-hydrogen) atoms. The van der Waals surface area contributed by atoms with E-state index >= 15 is 0 Å². The van der Waals surface area contributed by atoms with Crippen molar-refractivity contribution < 1.29 is 9.53 Å². The topological polar surface area (TPSA) is 38.3 Å². The summed E-state index contributed by atoms with van der Waals surface area (Å²) in [5, 5.41) is 2.84. The van der Waals surface area contributed by atoms with Crippen molar-refractivity contribution in [1.29, 1.82) is 0 Å². The smallest absolute Gasteiger partial charge is 0.407 e. The van der Waals surface area contributed by atoms with Gasteiger partial charge in [0.25, 0.3) is 0 Å². The summed E-state index contributed by atoms with van der Waals surface area (Å²) in [4.78, 5) is 11.7. The highest BCUT2D eigenvalue weighted by atomic mass is 79.9. The SMILES string of the molecule is CC(Cc1ccc(Br)cc1)NC(=O)OCc1ccccc1. The van der Waals surface area contributed by atoms with E-state index in [2.05, 4.69) is 21.2 Å². The number of ether oxygens (including phenoxy) is 1. The number of halogens is 1. The second kappa shape index (κ2) is 7.84. The van der Waals surface area contributed by atoms with Crippen LogP contribution in [0, 0.1) is 0 Å². The van der Waals surface area contributed by atoms with Crippen molar-refractivity contribution in [2.24, 2.45) is 0 Å². The molecule has 1 N–H and O–H groups in total. The third-order valence-electron chi connectivity index (χ3n) is 3.03. The fraction of sp³-hybridized carbons (Fsp3) is 0.235. The maximum Gasteiger partial charge on any atom is 0.407 e. The summed E-state index contributed by atoms with van der Waals surface area (Å²) in [6, 6.07) is 17.7. The molecule has 110 valence electrons. The largest absolute Gasteiger partial charge is 0.445 e. The lowest BCUT2D eigenvalue weighted by Gasteiger charge is -2.14. The van der Waals surface area contributed by atoms with Crippen LogP contribution in [0.5, 0.6) is 0 Å². The van der Waals surface area contributed by atoms with Crippen molar-refractivity contribution in [3.8, 4) is 0 Å². The summed E-state index contributed by atoms with van der Waals surface area (Å²) in [7, 11) is 0. The molecule has 0 aliphatic rings. The highest BCUT2D eigenvalue weighted by Crippen LogP contribution is 2.12. The number of hydrogen-bond acceptors (Lipinski definition) is 2. The number of amides is 1. The minimum Gasteiger partial charge on any atom is -0.445 e. The van der Waals surface area contributed by atoms with E-state index in [-0.39, 0.29) is 18.7 Å². The molecule has 0 aromatic heterocycles. The molecule has 0 bridgehead atoms. The van der Waals surface area contributed by atoms with Gasteiger partial charge in [-0.25, -0.2) is 4.79 Å². The summed E-state index contributed by atoms with van der Waals surface area (Å²) in [6.45, 7) is 2.25. The first kappa shape index (κ1) is 15.6. The Hall–Kier alpha value is -1.81. The van der Waals surface area contributed by atoms with Gasteiger partial charge < -0.3 is 10.1 Å². The second-order valence-corrected chi connectivity index (χ2v) is 5.85. The number of carbonyl (C=O) groups is 1. The molecule has 0 saturated carbocycles. The molecular formula is C17H18BrNO2. The molecule has 1 atom stereocenters. The standard InChI is InChI=1S/C17H18BrNO2/c1-13(11-14-7-9-16(18)10-8-14)19-17(20)21-12-15-5-3-2-4-6-15/h2-10,13H,11-12H2,1H3,(H,19,20). The molecule has 0 spiro atoms. The molecule has 0 heterocycles. The first-order valence-corrected chi connectivity index (χ1v) is 7.64. The van der Waals surface area contributed by atoms with Crippen LogP contribution in [-0.4, -0.2) is 12.1 Å². The van der Waals surface area contributed by atoms with Crippen LogP contribution in [0.2, 0.25) is 0 Å². The third-order valence-corrected chi connectivity index (χ3v) is 3.56. The Labute approximate surface area is 133 Å². The normalized spacial score (nSPS) is 11.7. The molecule has 4 heteroatoms. The van der Waals surface area contributed by atoms with Crippen LogP contribution in [0.3, 0.4) is 0 Å². The van der Waals surface area contributed by atoms with E-state index in [1.807, 2.05) is 61.5 Å². The lowest BCUT2D eigenvalue weighted by atomic mass is 10.1. The molecule has 0 aliphatic carbocycles. The van der Waals surface area contributed by atoms with E-state index < -0.39 is 0 Å². The van der Waals surface area contributed by atoms with Gasteiger partial charge in [-0.15, -0.1) is 0 Å². The summed E-state index contributed by atoms with van der Waals surface area (Å²) >= 11 is 3.40. The number of rotatable bonds is 5. The molecule has 1 unspecified atom stereocenters. The Morgan fingerprint density at radius 1 is 1.10 bits per heavy atom. The van der Waals surface area contributed by atoms with E-state index in [0.717, 1.165) is 16.5 Å². The van der Waals surface area contributed by atoms with Gasteiger partial charge in [0.15, 0.2) is 0 Å². The summed E-state index contributed by atoms with van der Waals surface area (Å²) in [6.07, 6.45) is 0.386. The average Bonchev–Trinajstić information content (AvgIpc) is 2.48. The van der Waals surface area contributed by atoms with Crippen LogP contribution in [0.4, 0.5) is 4.79 Å². The van der Waals surface area contributed by atoms with Crippen molar-refractivity contribution in [2.75, 3.05) is 0 Å². The molecule has 2 aromatic carbocycles. The maximum atomic E-state index is 11.7. The fourth-order valence-electron chi connectivity index (χ4n) is 1.99. The minimum atomic E-state index is -0.386. The van der Waals surface area contributed by atoms with Crippen molar-refractivity contribution in [3.63, 3.8) is 0 Å². The maximum absolute atomic E-state index is 11.7. The van der Waals surface area contributed by atoms with Crippen LogP contribution in [0.25, 0.3) is 0 Å². The first-order valence-electron chi connectivity index (χ1n) is 6.85. The van der Waals surface area contributed by atoms with Gasteiger partial charge in [0.05, 0.1) is 0 Å². The molecule has 2 aromatic rings. The zero-order valence-corrected chi connectivity index (χ0v) is 13.5. The van der Waals surface area contributed by atoms with Gasteiger partial charge in [0.1, 0.15) is 6.61 Å². The van der Waals surface area contributed by atoms with Crippen LogP contribution in [0.15, 0.2) is 59.1 Å². The van der Waals surface area contributed by atoms with E-state index in [9.17, 15) is 4.79 Å². The van der Waals surface area contributed by atoms with Crippen molar-refractivity contribution >= 4 is 22.0 Å². The highest BCUT2D eigenvalue weighted by Gasteiger charge is 2.09. The fourth-order valence-corrected chi connectivity index (χ4v) is 2.26. The van der Waals surface area contributed by atoms with Gasteiger partial charge in [-0.05, 0) is 36.6 Å². The van der Waals surface area contributed by atoms with Gasteiger partial charge in [-0.3, -0.25) is 0 Å². The Bertz CT molecular complexity index is 569. The second-order valence-electron chi connectivity index (χ2n) is 4.94. The van der Waals surface area contributed by atoms with Crippen molar-refractivity contribution in [1.82, 2.24) is 5.32 Å². The Morgan fingerprint density at radius 2 is 1.76 bits per heavy atom. The molecule has 0 radical (unpaired) electrons. The van der Waals surface area contributed by atoms with Gasteiger partial charge >= 0.3 is 6.09 Å². The Balaban J connectivity index is 1.75. The zero-order valence-electron chi connectivity index (χ0n) is 11.9. The van der Waals surface area contributed by atoms with Gasteiger partial charge in [-0.2, -0.15) is 0 Å². The predicted octanol–water partition coefficient (Wildman–Crippen LogP) is 4.31. The number of nitrogens with one attached hydrogen (secondary N) is 1. The van der Waals surface area contributed by atoms with E-state index in [1.165, 1.54) is 5.56 Å². The number of benzene rings is 2. The number of alkyl carbamates (subject to hydrolysis) is 1. The quantitative estimate of drug-likeness (QED) is 0.875. The van der Waals surface area contributed by atoms with E-state index in [1.54, 1.807) is 0 Å². The van der Waals surface area contributed by atoms with Gasteiger partial charge in [0, 0.05) is 10.5 Å². The van der Waals surface area contributed by atoms with E-state index in [0.29, 0.717) is 0 Å². The monoisotopic (exact) mass is 347 g/mol. The lowest BCUT2D eigenvalue weighted by molar-refractivity contribution is 0.136. The van der Waals surface area contributed by atoms with Crippen LogP contribution in [-0.2, 0) is 17.8 Å². The number of hydrogen-bond donors (Lipinski definition) is 1. The Morgan fingerprint density at radius 3 is 2.43 bits per heavy atom. The predicted molar refractivity (Wildman–Crippen MR) is 87.1 cm³/mol. The summed E-state index contributed by atoms with van der Waals surface area (Å²) in [5.74, 6) is 0. The Kier molecular flexibility index (Phi) is 5.81. The molecule has 0 saturated heterocycles. The summed E-state index contributed by atoms with van der Waals surface area (Å²) in [5.41, 5.74) is 2.15. The first-order chi connectivity index (χ1) is 10.1. The summed E-state index contributed by atoms with van der Waals surface area (Å²) < 4.78 is 6.25. The molecule has 1 amide bonds. The number of carbonyl (C=O) groups excluding carboxylic acids is 1. The van der Waals surface area contributed by atoms with Gasteiger partial charge in [-0.1, -0.05) is 58.4 Å².